The predicted molar refractivity (Wildman–Crippen MR) is 198 cm³/mol. The number of imidazole rings is 1. The molecule has 0 unspecified atom stereocenters. The second kappa shape index (κ2) is 15.4. The monoisotopic (exact) mass is 814 g/mol. The molecule has 3 aromatic carbocycles. The van der Waals surface area contributed by atoms with Crippen molar-refractivity contribution in [1.29, 1.82) is 0 Å². The first kappa shape index (κ1) is 35.1. The first-order chi connectivity index (χ1) is 23.4. The van der Waals surface area contributed by atoms with E-state index in [0.717, 1.165) is 74.7 Å². The number of fused-ring (bicyclic) bond motifs is 1. The van der Waals surface area contributed by atoms with E-state index in [1.807, 2.05) is 51.9 Å². The molecule has 2 aliphatic rings. The Morgan fingerprint density at radius 2 is 1.63 bits per heavy atom. The van der Waals surface area contributed by atoms with Gasteiger partial charge in [-0.25, -0.2) is 19.2 Å². The lowest BCUT2D eigenvalue weighted by Crippen LogP contribution is -2.27. The number of nitrogens with zero attached hydrogens (tertiary/aromatic N) is 4. The molecule has 2 fully saturated rings. The third-order valence-corrected chi connectivity index (χ3v) is 9.90. The molecule has 3 heterocycles. The van der Waals surface area contributed by atoms with E-state index in [0.29, 0.717) is 38.9 Å². The lowest BCUT2D eigenvalue weighted by molar-refractivity contribution is 0.0787. The van der Waals surface area contributed by atoms with Crippen LogP contribution in [0.2, 0.25) is 5.02 Å². The number of hydrogen-bond acceptors (Lipinski definition) is 6. The Kier molecular flexibility index (Phi) is 11.1. The Labute approximate surface area is 309 Å². The number of likely N-dealkylation sites (tertiary alicyclic amines) is 1. The van der Waals surface area contributed by atoms with Gasteiger partial charge in [-0.05, 0) is 84.8 Å². The number of rotatable bonds is 8. The van der Waals surface area contributed by atoms with Gasteiger partial charge in [-0.3, -0.25) is 4.79 Å². The van der Waals surface area contributed by atoms with Gasteiger partial charge >= 0.3 is 5.97 Å². The molecule has 7 rings (SSSR count). The van der Waals surface area contributed by atoms with Crippen LogP contribution in [0.15, 0.2) is 72.9 Å². The number of aromatic nitrogens is 3. The van der Waals surface area contributed by atoms with E-state index < -0.39 is 11.8 Å². The molecule has 1 aliphatic carbocycles. The number of carbonyl (C=O) groups is 2. The Morgan fingerprint density at radius 1 is 0.898 bits per heavy atom. The summed E-state index contributed by atoms with van der Waals surface area (Å²) >= 11 is 7.70. The fraction of sp³-hybridized carbons (Fsp3) is 0.297. The van der Waals surface area contributed by atoms with E-state index in [-0.39, 0.29) is 36.5 Å². The van der Waals surface area contributed by atoms with Gasteiger partial charge in [0.25, 0.3) is 5.91 Å². The standard InChI is InChI=1S/C37H33ClFIN4O4.ClH/c38-27-11-8-23(9-12-27)30-14-10-24(36(45)43-16-4-5-17-43)18-26(30)22-47-29-13-15-31(32(39)20-29)34-42-33-19-25(37(46)48-40)21-41-35(33)44(34)28-6-2-1-3-7-28;/h8-15,18-21,28H,1-7,16-17,22H2;1H. The van der Waals surface area contributed by atoms with Crippen LogP contribution >= 0.6 is 47.0 Å². The second-order valence-corrected chi connectivity index (χ2v) is 13.2. The average Bonchev–Trinajstić information content (AvgIpc) is 3.79. The highest BCUT2D eigenvalue weighted by Crippen LogP contribution is 2.37. The van der Waals surface area contributed by atoms with Gasteiger partial charge < -0.3 is 17.3 Å². The fourth-order valence-electron chi connectivity index (χ4n) is 6.80. The molecule has 254 valence electrons. The van der Waals surface area contributed by atoms with Crippen LogP contribution in [0, 0.1) is 5.82 Å². The van der Waals surface area contributed by atoms with Gasteiger partial charge in [0.2, 0.25) is 0 Å². The summed E-state index contributed by atoms with van der Waals surface area (Å²) < 4.78 is 29.1. The number of amides is 1. The highest BCUT2D eigenvalue weighted by molar-refractivity contribution is 14.1. The molecule has 2 aromatic heterocycles. The quantitative estimate of drug-likeness (QED) is 0.145. The maximum Gasteiger partial charge on any atom is 0.349 e. The van der Waals surface area contributed by atoms with E-state index in [1.165, 1.54) is 12.3 Å². The van der Waals surface area contributed by atoms with Crippen molar-refractivity contribution in [3.05, 3.63) is 100 Å². The molecule has 0 atom stereocenters. The molecular formula is C37H34Cl2FIN4O4. The van der Waals surface area contributed by atoms with Gasteiger partial charge in [-0.1, -0.05) is 49.1 Å². The summed E-state index contributed by atoms with van der Waals surface area (Å²) in [6.07, 6.45) is 8.68. The Morgan fingerprint density at radius 3 is 2.35 bits per heavy atom. The van der Waals surface area contributed by atoms with E-state index in [1.54, 1.807) is 41.2 Å². The Bertz CT molecular complexity index is 1990. The van der Waals surface area contributed by atoms with Crippen molar-refractivity contribution in [3.8, 4) is 28.3 Å². The molecule has 1 aliphatic heterocycles. The van der Waals surface area contributed by atoms with Crippen LogP contribution in [-0.4, -0.2) is 44.4 Å². The summed E-state index contributed by atoms with van der Waals surface area (Å²) in [5.41, 5.74) is 4.96. The predicted octanol–water partition coefficient (Wildman–Crippen LogP) is 9.81. The van der Waals surface area contributed by atoms with Crippen LogP contribution in [0.25, 0.3) is 33.7 Å². The highest BCUT2D eigenvalue weighted by Gasteiger charge is 2.26. The van der Waals surface area contributed by atoms with Gasteiger partial charge in [-0.15, -0.1) is 12.4 Å². The molecule has 49 heavy (non-hydrogen) atoms. The van der Waals surface area contributed by atoms with Crippen molar-refractivity contribution in [2.24, 2.45) is 0 Å². The minimum Gasteiger partial charge on any atom is -0.489 e. The van der Waals surface area contributed by atoms with Crippen molar-refractivity contribution >= 4 is 70.1 Å². The number of halogens is 4. The van der Waals surface area contributed by atoms with E-state index in [2.05, 4.69) is 4.98 Å². The van der Waals surface area contributed by atoms with Gasteiger partial charge in [0.15, 0.2) is 28.7 Å². The van der Waals surface area contributed by atoms with E-state index in [9.17, 15) is 9.59 Å². The summed E-state index contributed by atoms with van der Waals surface area (Å²) in [6.45, 7) is 1.63. The molecule has 12 heteroatoms. The largest absolute Gasteiger partial charge is 0.489 e. The molecule has 1 saturated heterocycles. The molecule has 0 radical (unpaired) electrons. The Hall–Kier alpha value is -3.74. The van der Waals surface area contributed by atoms with Crippen LogP contribution in [0.3, 0.4) is 0 Å². The minimum atomic E-state index is -0.517. The van der Waals surface area contributed by atoms with Gasteiger partial charge in [0, 0.05) is 42.0 Å². The van der Waals surface area contributed by atoms with Crippen LogP contribution in [0.1, 0.15) is 77.3 Å². The first-order valence-corrected chi connectivity index (χ1v) is 17.5. The number of benzene rings is 3. The van der Waals surface area contributed by atoms with Gasteiger partial charge in [-0.2, -0.15) is 0 Å². The van der Waals surface area contributed by atoms with Crippen molar-refractivity contribution in [1.82, 2.24) is 19.4 Å². The van der Waals surface area contributed by atoms with Crippen molar-refractivity contribution in [3.63, 3.8) is 0 Å². The zero-order chi connectivity index (χ0) is 33.2. The highest BCUT2D eigenvalue weighted by atomic mass is 127. The lowest BCUT2D eigenvalue weighted by Gasteiger charge is -2.25. The third-order valence-electron chi connectivity index (χ3n) is 9.25. The fourth-order valence-corrected chi connectivity index (χ4v) is 7.18. The lowest BCUT2D eigenvalue weighted by atomic mass is 9.95. The van der Waals surface area contributed by atoms with E-state index >= 15 is 4.39 Å². The first-order valence-electron chi connectivity index (χ1n) is 16.2. The molecule has 5 aromatic rings. The maximum absolute atomic E-state index is 16.0. The zero-order valence-electron chi connectivity index (χ0n) is 26.5. The third kappa shape index (κ3) is 7.41. The van der Waals surface area contributed by atoms with Gasteiger partial charge in [0.05, 0.1) is 11.1 Å². The minimum absolute atomic E-state index is 0. The van der Waals surface area contributed by atoms with Crippen molar-refractivity contribution in [2.75, 3.05) is 13.1 Å². The SMILES string of the molecule is Cl.O=C(OI)c1cnc2c(c1)nc(-c1ccc(OCc3cc(C(=O)N4CCCC4)ccc3-c3ccc(Cl)cc3)cc1F)n2C1CCCCC1. The van der Waals surface area contributed by atoms with Crippen molar-refractivity contribution < 1.29 is 21.8 Å². The van der Waals surface area contributed by atoms with Crippen LogP contribution in [-0.2, 0) is 9.67 Å². The van der Waals surface area contributed by atoms with Crippen LogP contribution < -0.4 is 4.74 Å². The van der Waals surface area contributed by atoms with Gasteiger partial charge in [0.1, 0.15) is 29.5 Å². The van der Waals surface area contributed by atoms with Crippen LogP contribution in [0.4, 0.5) is 4.39 Å². The number of hydrogen-bond donors (Lipinski definition) is 0. The van der Waals surface area contributed by atoms with Crippen molar-refractivity contribution in [2.45, 2.75) is 57.6 Å². The summed E-state index contributed by atoms with van der Waals surface area (Å²) in [7, 11) is 0. The average molecular weight is 816 g/mol. The smallest absolute Gasteiger partial charge is 0.349 e. The second-order valence-electron chi connectivity index (χ2n) is 12.3. The molecular weight excluding hydrogens is 781 g/mol. The summed E-state index contributed by atoms with van der Waals surface area (Å²) in [5, 5.41) is 0.629. The summed E-state index contributed by atoms with van der Waals surface area (Å²) in [4.78, 5) is 36.7. The van der Waals surface area contributed by atoms with E-state index in [4.69, 9.17) is 24.4 Å². The summed E-state index contributed by atoms with van der Waals surface area (Å²) in [5.74, 6) is -0.189. The molecule has 1 saturated carbocycles. The topological polar surface area (TPSA) is 86.5 Å². The molecule has 1 amide bonds. The number of ether oxygens (including phenoxy) is 1. The molecule has 8 nitrogen and oxygen atoms in total. The Balaban J connectivity index is 0.00000417. The molecule has 0 bridgehead atoms. The number of pyridine rings is 1. The van der Waals surface area contributed by atoms with Crippen LogP contribution in [0.5, 0.6) is 5.75 Å². The molecule has 0 N–H and O–H groups in total. The summed E-state index contributed by atoms with van der Waals surface area (Å²) in [6, 6.07) is 19.7. The number of carbonyl (C=O) groups excluding carboxylic acids is 2. The molecule has 0 spiro atoms. The maximum atomic E-state index is 16.0. The normalized spacial score (nSPS) is 14.9. The zero-order valence-corrected chi connectivity index (χ0v) is 30.3.